The van der Waals surface area contributed by atoms with Crippen LogP contribution in [0, 0.1) is 28.6 Å². The van der Waals surface area contributed by atoms with Crippen molar-refractivity contribution in [3.63, 3.8) is 0 Å². The first-order chi connectivity index (χ1) is 14.0. The van der Waals surface area contributed by atoms with E-state index in [1.54, 1.807) is 6.08 Å². The van der Waals surface area contributed by atoms with Crippen LogP contribution in [0.25, 0.3) is 0 Å². The molecule has 0 aromatic heterocycles. The number of Topliss-reactive ketones (excluding diaryl/α,β-unsaturated/α-hetero) is 1. The monoisotopic (exact) mass is 450 g/mol. The maximum absolute atomic E-state index is 13.0. The van der Waals surface area contributed by atoms with Gasteiger partial charge in [0.2, 0.25) is 0 Å². The second-order valence-corrected chi connectivity index (χ2v) is 10.5. The average Bonchev–Trinajstić information content (AvgIpc) is 2.91. The summed E-state index contributed by atoms with van der Waals surface area (Å²) in [6.45, 7) is 9.95. The van der Waals surface area contributed by atoms with Gasteiger partial charge in [0, 0.05) is 16.9 Å². The summed E-state index contributed by atoms with van der Waals surface area (Å²) in [5, 5.41) is 0.639. The minimum Gasteiger partial charge on any atom is -0.445 e. The van der Waals surface area contributed by atoms with Gasteiger partial charge in [0.25, 0.3) is 0 Å². The Bertz CT molecular complexity index is 918. The number of fused-ring (bicyclic) bond motifs is 5. The van der Waals surface area contributed by atoms with Crippen LogP contribution in [-0.4, -0.2) is 29.0 Å². The predicted octanol–water partition coefficient (Wildman–Crippen LogP) is 5.14. The molecule has 0 aliphatic heterocycles. The fraction of sp³-hybridized carbons (Fsp3) is 0.625. The van der Waals surface area contributed by atoms with E-state index in [1.165, 1.54) is 6.92 Å². The molecule has 0 unspecified atom stereocenters. The Kier molecular flexibility index (Phi) is 5.14. The molecule has 0 N–H and O–H groups in total. The van der Waals surface area contributed by atoms with Crippen molar-refractivity contribution in [2.75, 3.05) is 5.88 Å². The highest BCUT2D eigenvalue weighted by atomic mass is 35.5. The molecule has 6 atom stereocenters. The fourth-order valence-corrected chi connectivity index (χ4v) is 7.61. The van der Waals surface area contributed by atoms with Gasteiger partial charge >= 0.3 is 5.97 Å². The number of ether oxygens (including phenoxy) is 1. The van der Waals surface area contributed by atoms with Crippen LogP contribution in [0.2, 0.25) is 0 Å². The lowest BCUT2D eigenvalue weighted by Crippen LogP contribution is -2.58. The lowest BCUT2D eigenvalue weighted by molar-refractivity contribution is -0.179. The van der Waals surface area contributed by atoms with Gasteiger partial charge in [-0.05, 0) is 73.0 Å². The van der Waals surface area contributed by atoms with Crippen molar-refractivity contribution in [2.45, 2.75) is 58.5 Å². The zero-order valence-corrected chi connectivity index (χ0v) is 19.2. The lowest BCUT2D eigenvalue weighted by Gasteiger charge is -2.57. The first kappa shape index (κ1) is 21.8. The maximum Gasteiger partial charge on any atom is 0.322 e. The molecule has 2 fully saturated rings. The van der Waals surface area contributed by atoms with E-state index in [4.69, 9.17) is 27.9 Å². The van der Waals surface area contributed by atoms with Crippen LogP contribution in [0.5, 0.6) is 0 Å². The molecular weight excluding hydrogens is 423 g/mol. The van der Waals surface area contributed by atoms with Crippen molar-refractivity contribution in [1.29, 1.82) is 0 Å². The largest absolute Gasteiger partial charge is 0.445 e. The van der Waals surface area contributed by atoms with Crippen LogP contribution in [0.4, 0.5) is 0 Å². The zero-order chi connectivity index (χ0) is 22.1. The molecule has 4 nitrogen and oxygen atoms in total. The number of esters is 1. The minimum absolute atomic E-state index is 0.0699. The molecule has 0 heterocycles. The quantitative estimate of drug-likeness (QED) is 0.339. The first-order valence-corrected chi connectivity index (χ1v) is 11.5. The number of rotatable bonds is 3. The van der Waals surface area contributed by atoms with Crippen LogP contribution in [0.3, 0.4) is 0 Å². The molecule has 162 valence electrons. The smallest absolute Gasteiger partial charge is 0.322 e. The number of carbonyl (C=O) groups excluding carboxylic acids is 3. The zero-order valence-electron chi connectivity index (χ0n) is 17.7. The average molecular weight is 451 g/mol. The molecule has 4 aliphatic carbocycles. The summed E-state index contributed by atoms with van der Waals surface area (Å²) in [4.78, 5) is 37.3. The van der Waals surface area contributed by atoms with E-state index in [-0.39, 0.29) is 34.7 Å². The molecule has 2 saturated carbocycles. The first-order valence-electron chi connectivity index (χ1n) is 10.6. The Hall–Kier alpha value is -1.39. The molecule has 4 aliphatic rings. The second-order valence-electron chi connectivity index (χ2n) is 9.86. The molecule has 0 bridgehead atoms. The van der Waals surface area contributed by atoms with E-state index in [2.05, 4.69) is 26.5 Å². The number of carbonyl (C=O) groups is 3. The van der Waals surface area contributed by atoms with Gasteiger partial charge in [0.05, 0.1) is 0 Å². The topological polar surface area (TPSA) is 60.4 Å². The molecule has 0 saturated heterocycles. The molecule has 0 amide bonds. The molecule has 0 aromatic rings. The number of hydrogen-bond acceptors (Lipinski definition) is 4. The summed E-state index contributed by atoms with van der Waals surface area (Å²) in [6.07, 6.45) is 7.31. The summed E-state index contributed by atoms with van der Waals surface area (Å²) in [7, 11) is 0. The summed E-state index contributed by atoms with van der Waals surface area (Å²) in [5.41, 5.74) is -0.491. The highest BCUT2D eigenvalue weighted by Crippen LogP contribution is 2.69. The minimum atomic E-state index is -1.35. The highest BCUT2D eigenvalue weighted by Gasteiger charge is 2.69. The Morgan fingerprint density at radius 2 is 1.97 bits per heavy atom. The highest BCUT2D eigenvalue weighted by molar-refractivity contribution is 6.32. The summed E-state index contributed by atoms with van der Waals surface area (Å²) in [5.74, 6) is -0.462. The third-order valence-electron chi connectivity index (χ3n) is 8.59. The number of alkyl halides is 1. The van der Waals surface area contributed by atoms with Crippen molar-refractivity contribution in [1.82, 2.24) is 0 Å². The van der Waals surface area contributed by atoms with E-state index in [1.807, 2.05) is 0 Å². The summed E-state index contributed by atoms with van der Waals surface area (Å²) >= 11 is 12.5. The van der Waals surface area contributed by atoms with Crippen molar-refractivity contribution in [3.8, 4) is 0 Å². The van der Waals surface area contributed by atoms with Gasteiger partial charge in [0.1, 0.15) is 5.88 Å². The van der Waals surface area contributed by atoms with Crippen LogP contribution in [0.15, 0.2) is 34.9 Å². The van der Waals surface area contributed by atoms with Crippen LogP contribution < -0.4 is 0 Å². The Morgan fingerprint density at radius 3 is 2.60 bits per heavy atom. The summed E-state index contributed by atoms with van der Waals surface area (Å²) < 4.78 is 5.82. The van der Waals surface area contributed by atoms with Crippen molar-refractivity contribution in [3.05, 3.63) is 34.9 Å². The summed E-state index contributed by atoms with van der Waals surface area (Å²) in [6, 6.07) is 0. The normalized spacial score (nSPS) is 42.5. The van der Waals surface area contributed by atoms with Gasteiger partial charge in [0.15, 0.2) is 17.2 Å². The van der Waals surface area contributed by atoms with Gasteiger partial charge in [-0.15, -0.1) is 11.6 Å². The Labute approximate surface area is 187 Å². The van der Waals surface area contributed by atoms with E-state index in [9.17, 15) is 14.4 Å². The van der Waals surface area contributed by atoms with Gasteiger partial charge < -0.3 is 4.74 Å². The van der Waals surface area contributed by atoms with Gasteiger partial charge in [-0.2, -0.15) is 0 Å². The van der Waals surface area contributed by atoms with E-state index < -0.39 is 17.0 Å². The molecule has 0 radical (unpaired) electrons. The van der Waals surface area contributed by atoms with E-state index in [0.29, 0.717) is 29.4 Å². The van der Waals surface area contributed by atoms with Crippen LogP contribution >= 0.6 is 23.2 Å². The van der Waals surface area contributed by atoms with Crippen LogP contribution in [0.1, 0.15) is 52.9 Å². The predicted molar refractivity (Wildman–Crippen MR) is 116 cm³/mol. The third-order valence-corrected chi connectivity index (χ3v) is 9.14. The van der Waals surface area contributed by atoms with Gasteiger partial charge in [-0.25, -0.2) is 0 Å². The van der Waals surface area contributed by atoms with Gasteiger partial charge in [-0.3, -0.25) is 14.4 Å². The number of halogens is 2. The van der Waals surface area contributed by atoms with Crippen LogP contribution in [-0.2, 0) is 19.1 Å². The Morgan fingerprint density at radius 1 is 1.27 bits per heavy atom. The molecular formula is C24H28Cl2O4. The third kappa shape index (κ3) is 2.69. The van der Waals surface area contributed by atoms with Crippen molar-refractivity contribution < 1.29 is 19.1 Å². The van der Waals surface area contributed by atoms with E-state index in [0.717, 1.165) is 24.8 Å². The molecule has 30 heavy (non-hydrogen) atoms. The SMILES string of the molecule is C=C1C[C@H]2[C@@H]3C=C(Cl)C4=CC(=O)CC[C@]4(C)[C@H]3CC[C@]2(C)[C@@]1(OC(=O)CCl)C(C)=O. The maximum atomic E-state index is 13.0. The van der Waals surface area contributed by atoms with Crippen molar-refractivity contribution in [2.24, 2.45) is 28.6 Å². The van der Waals surface area contributed by atoms with E-state index >= 15 is 0 Å². The number of hydrogen-bond donors (Lipinski definition) is 0. The van der Waals surface area contributed by atoms with Gasteiger partial charge in [-0.1, -0.05) is 38.1 Å². The molecule has 4 rings (SSSR count). The molecule has 0 aromatic carbocycles. The van der Waals surface area contributed by atoms with Crippen molar-refractivity contribution >= 4 is 40.7 Å². The second kappa shape index (κ2) is 7.06. The number of allylic oxidation sites excluding steroid dienone is 4. The molecule has 6 heteroatoms. The fourth-order valence-electron chi connectivity index (χ4n) is 7.14. The standard InChI is InChI=1S/C24H28Cl2O4/c1-13-9-18-16-11-20(26)19-10-15(28)5-7-22(19,3)17(16)6-8-23(18,4)24(13,14(2)27)30-21(29)12-25/h10-11,16-18H,1,5-9,12H2,2-4H3/t16-,17+,18+,22-,23+,24+/m1/s1. The lowest BCUT2D eigenvalue weighted by atomic mass is 9.48. The number of ketones is 2. The molecule has 0 spiro atoms. The Balaban J connectivity index is 1.82.